The molecule has 0 aromatic heterocycles. The van der Waals surface area contributed by atoms with E-state index in [-0.39, 0.29) is 22.8 Å². The second kappa shape index (κ2) is 10.2. The fourth-order valence-electron chi connectivity index (χ4n) is 2.63. The third kappa shape index (κ3) is 7.04. The Kier molecular flexibility index (Phi) is 8.22. The van der Waals surface area contributed by atoms with Crippen LogP contribution in [0.15, 0.2) is 57.9 Å². The lowest BCUT2D eigenvalue weighted by atomic mass is 10.1. The van der Waals surface area contributed by atoms with Gasteiger partial charge in [-0.15, -0.1) is 0 Å². The quantitative estimate of drug-likeness (QED) is 0.581. The predicted octanol–water partition coefficient (Wildman–Crippen LogP) is 4.19. The van der Waals surface area contributed by atoms with Crippen molar-refractivity contribution < 1.29 is 13.2 Å². The maximum absolute atomic E-state index is 12.2. The van der Waals surface area contributed by atoms with E-state index in [1.54, 1.807) is 24.3 Å². The number of hydrogen-bond donors (Lipinski definition) is 2. The molecule has 0 radical (unpaired) electrons. The van der Waals surface area contributed by atoms with E-state index in [2.05, 4.69) is 26.0 Å². The molecule has 2 aromatic carbocycles. The lowest BCUT2D eigenvalue weighted by Crippen LogP contribution is -2.27. The average Bonchev–Trinajstić information content (AvgIpc) is 2.65. The molecule has 2 aromatic rings. The van der Waals surface area contributed by atoms with Gasteiger partial charge in [-0.1, -0.05) is 54.0 Å². The molecule has 2 rings (SSSR count). The largest absolute Gasteiger partial charge is 0.350 e. The van der Waals surface area contributed by atoms with Crippen LogP contribution < -0.4 is 10.0 Å². The molecule has 0 aliphatic carbocycles. The van der Waals surface area contributed by atoms with Gasteiger partial charge in [0, 0.05) is 17.4 Å². The van der Waals surface area contributed by atoms with Crippen molar-refractivity contribution in [3.8, 4) is 0 Å². The van der Waals surface area contributed by atoms with E-state index in [0.717, 1.165) is 15.6 Å². The molecule has 0 saturated carbocycles. The summed E-state index contributed by atoms with van der Waals surface area (Å²) >= 11 is 3.43. The Morgan fingerprint density at radius 1 is 1.07 bits per heavy atom. The molecule has 0 bridgehead atoms. The molecule has 0 saturated heterocycles. The van der Waals surface area contributed by atoms with E-state index >= 15 is 0 Å². The van der Waals surface area contributed by atoms with Gasteiger partial charge >= 0.3 is 0 Å². The second-order valence-electron chi connectivity index (χ2n) is 7.23. The summed E-state index contributed by atoms with van der Waals surface area (Å²) in [7, 11) is -3.49. The Hall–Kier alpha value is -1.70. The Morgan fingerprint density at radius 2 is 1.75 bits per heavy atom. The lowest BCUT2D eigenvalue weighted by Gasteiger charge is -2.15. The molecule has 7 heteroatoms. The molecular formula is C21H27BrN2O3S. The summed E-state index contributed by atoms with van der Waals surface area (Å²) in [6, 6.07) is 14.4. The highest BCUT2D eigenvalue weighted by atomic mass is 79.9. The van der Waals surface area contributed by atoms with Crippen molar-refractivity contribution in [3.05, 3.63) is 64.1 Å². The van der Waals surface area contributed by atoms with Crippen LogP contribution in [-0.2, 0) is 21.2 Å². The second-order valence-corrected chi connectivity index (χ2v) is 9.92. The zero-order chi connectivity index (χ0) is 20.7. The first-order valence-electron chi connectivity index (χ1n) is 9.31. The van der Waals surface area contributed by atoms with Crippen molar-refractivity contribution in [1.82, 2.24) is 10.0 Å². The molecule has 152 valence electrons. The summed E-state index contributed by atoms with van der Waals surface area (Å²) < 4.78 is 28.0. The molecule has 28 heavy (non-hydrogen) atoms. The third-order valence-electron chi connectivity index (χ3n) is 4.28. The molecule has 0 aliphatic rings. The molecular weight excluding hydrogens is 440 g/mol. The van der Waals surface area contributed by atoms with E-state index < -0.39 is 10.0 Å². The minimum Gasteiger partial charge on any atom is -0.350 e. The zero-order valence-corrected chi connectivity index (χ0v) is 18.8. The van der Waals surface area contributed by atoms with E-state index in [1.165, 1.54) is 0 Å². The van der Waals surface area contributed by atoms with Gasteiger partial charge in [0.05, 0.1) is 10.9 Å². The van der Waals surface area contributed by atoms with Crippen molar-refractivity contribution in [2.45, 2.75) is 44.6 Å². The first-order chi connectivity index (χ1) is 13.2. The molecule has 5 nitrogen and oxygen atoms in total. The van der Waals surface area contributed by atoms with Gasteiger partial charge < -0.3 is 5.32 Å². The van der Waals surface area contributed by atoms with Gasteiger partial charge in [0.25, 0.3) is 0 Å². The summed E-state index contributed by atoms with van der Waals surface area (Å²) in [6.45, 7) is 6.26. The first kappa shape index (κ1) is 22.6. The van der Waals surface area contributed by atoms with Gasteiger partial charge in [0.1, 0.15) is 0 Å². The molecule has 0 unspecified atom stereocenters. The van der Waals surface area contributed by atoms with Crippen LogP contribution >= 0.6 is 15.9 Å². The van der Waals surface area contributed by atoms with E-state index in [4.69, 9.17) is 0 Å². The first-order valence-corrected chi connectivity index (χ1v) is 11.6. The van der Waals surface area contributed by atoms with Crippen LogP contribution in [0.2, 0.25) is 0 Å². The zero-order valence-electron chi connectivity index (χ0n) is 16.4. The van der Waals surface area contributed by atoms with Gasteiger partial charge in [-0.3, -0.25) is 4.79 Å². The molecule has 1 amide bonds. The van der Waals surface area contributed by atoms with Gasteiger partial charge in [-0.2, -0.15) is 0 Å². The number of sulfonamides is 1. The number of carbonyl (C=O) groups excluding carboxylic acids is 1. The number of amides is 1. The molecule has 0 spiro atoms. The Morgan fingerprint density at radius 3 is 2.36 bits per heavy atom. The van der Waals surface area contributed by atoms with E-state index in [9.17, 15) is 13.2 Å². The van der Waals surface area contributed by atoms with Crippen LogP contribution in [0, 0.1) is 5.92 Å². The normalized spacial score (nSPS) is 12.8. The van der Waals surface area contributed by atoms with Gasteiger partial charge in [-0.25, -0.2) is 13.1 Å². The maximum Gasteiger partial charge on any atom is 0.240 e. The summed E-state index contributed by atoms with van der Waals surface area (Å²) in [5.74, 6) is 0.203. The minimum atomic E-state index is -3.49. The fraction of sp³-hybridized carbons (Fsp3) is 0.381. The van der Waals surface area contributed by atoms with Crippen LogP contribution in [0.3, 0.4) is 0 Å². The lowest BCUT2D eigenvalue weighted by molar-refractivity contribution is -0.121. The summed E-state index contributed by atoms with van der Waals surface area (Å²) in [5.41, 5.74) is 1.96. The van der Waals surface area contributed by atoms with Crippen molar-refractivity contribution in [1.29, 1.82) is 0 Å². The fourth-order valence-corrected chi connectivity index (χ4v) is 4.26. The number of hydrogen-bond acceptors (Lipinski definition) is 3. The van der Waals surface area contributed by atoms with Crippen LogP contribution in [-0.4, -0.2) is 20.9 Å². The highest BCUT2D eigenvalue weighted by Gasteiger charge is 2.14. The van der Waals surface area contributed by atoms with Gasteiger partial charge in [-0.05, 0) is 54.7 Å². The predicted molar refractivity (Wildman–Crippen MR) is 115 cm³/mol. The third-order valence-corrected chi connectivity index (χ3v) is 6.21. The van der Waals surface area contributed by atoms with Crippen LogP contribution in [0.1, 0.15) is 44.4 Å². The van der Waals surface area contributed by atoms with Crippen LogP contribution in [0.25, 0.3) is 0 Å². The smallest absolute Gasteiger partial charge is 0.240 e. The topological polar surface area (TPSA) is 75.3 Å². The Balaban J connectivity index is 1.88. The number of carbonyl (C=O) groups is 1. The van der Waals surface area contributed by atoms with E-state index in [1.807, 2.05) is 45.0 Å². The monoisotopic (exact) mass is 466 g/mol. The summed E-state index contributed by atoms with van der Waals surface area (Å²) in [6.07, 6.45) is 0.896. The average molecular weight is 467 g/mol. The summed E-state index contributed by atoms with van der Waals surface area (Å²) in [4.78, 5) is 12.5. The Bertz CT molecular complexity index is 896. The van der Waals surface area contributed by atoms with Gasteiger partial charge in [0.2, 0.25) is 15.9 Å². The number of rotatable bonds is 9. The highest BCUT2D eigenvalue weighted by Crippen LogP contribution is 2.18. The Labute approximate surface area is 176 Å². The molecule has 1 atom stereocenters. The molecule has 0 fully saturated rings. The standard InChI is InChI=1S/C21H27BrN2O3S/c1-15(2)14-23-28(26,27)20-10-7-17(8-11-20)9-12-21(25)24-16(3)18-5-4-6-19(22)13-18/h4-8,10-11,13,15-16,23H,9,12,14H2,1-3H3,(H,24,25)/t16-/m0/s1. The van der Waals surface area contributed by atoms with Crippen LogP contribution in [0.5, 0.6) is 0 Å². The van der Waals surface area contributed by atoms with Crippen LogP contribution in [0.4, 0.5) is 0 Å². The molecule has 0 heterocycles. The number of halogens is 1. The van der Waals surface area contributed by atoms with Gasteiger partial charge in [0.15, 0.2) is 0 Å². The van der Waals surface area contributed by atoms with Crippen molar-refractivity contribution in [3.63, 3.8) is 0 Å². The number of nitrogens with one attached hydrogen (secondary N) is 2. The number of benzene rings is 2. The van der Waals surface area contributed by atoms with E-state index in [0.29, 0.717) is 19.4 Å². The SMILES string of the molecule is CC(C)CNS(=O)(=O)c1ccc(CCC(=O)N[C@@H](C)c2cccc(Br)c2)cc1. The van der Waals surface area contributed by atoms with Crippen molar-refractivity contribution >= 4 is 31.9 Å². The molecule has 0 aliphatic heterocycles. The molecule has 2 N–H and O–H groups in total. The number of aryl methyl sites for hydroxylation is 1. The van der Waals surface area contributed by atoms with Crippen molar-refractivity contribution in [2.24, 2.45) is 5.92 Å². The highest BCUT2D eigenvalue weighted by molar-refractivity contribution is 9.10. The minimum absolute atomic E-state index is 0.0391. The maximum atomic E-state index is 12.2. The van der Waals surface area contributed by atoms with Crippen molar-refractivity contribution in [2.75, 3.05) is 6.54 Å². The summed E-state index contributed by atoms with van der Waals surface area (Å²) in [5, 5.41) is 2.99.